The molecule has 4 heteroatoms. The number of carbonyl (C=O) groups is 1. The highest BCUT2D eigenvalue weighted by molar-refractivity contribution is 9.10. The van der Waals surface area contributed by atoms with Gasteiger partial charge in [-0.15, -0.1) is 0 Å². The molecular weight excluding hydrogens is 234 g/mol. The number of hydrogen-bond donors (Lipinski definition) is 1. The van der Waals surface area contributed by atoms with Crippen molar-refractivity contribution in [3.8, 4) is 0 Å². The molecule has 0 aromatic heterocycles. The van der Waals surface area contributed by atoms with Gasteiger partial charge < -0.3 is 10.5 Å². The first kappa shape index (κ1) is 10.1. The molecule has 0 radical (unpaired) electrons. The minimum absolute atomic E-state index is 0.390. The summed E-state index contributed by atoms with van der Waals surface area (Å²) in [5.74, 6) is -0.390. The van der Waals surface area contributed by atoms with Crippen LogP contribution in [0.1, 0.15) is 15.9 Å². The van der Waals surface area contributed by atoms with Crippen LogP contribution in [0.5, 0.6) is 0 Å². The summed E-state index contributed by atoms with van der Waals surface area (Å²) in [4.78, 5) is 11.2. The third-order valence-electron chi connectivity index (χ3n) is 1.80. The van der Waals surface area contributed by atoms with Gasteiger partial charge in [0.25, 0.3) is 0 Å². The van der Waals surface area contributed by atoms with Gasteiger partial charge in [0.15, 0.2) is 0 Å². The number of nitrogens with two attached hydrogens (primary N) is 1. The fraction of sp³-hybridized carbons (Fsp3) is 0.222. The van der Waals surface area contributed by atoms with E-state index < -0.39 is 5.97 Å². The number of halogens is 1. The topological polar surface area (TPSA) is 52.3 Å². The van der Waals surface area contributed by atoms with Gasteiger partial charge in [-0.2, -0.15) is 0 Å². The number of carbonyl (C=O) groups excluding carboxylic acids is 1. The van der Waals surface area contributed by atoms with Gasteiger partial charge in [-0.05, 0) is 34.5 Å². The zero-order chi connectivity index (χ0) is 10.0. The standard InChI is InChI=1S/C9H10BrNO2/c1-5-3-4-6(9(12)13-2)7(10)8(5)11/h3-4H,11H2,1-2H3. The van der Waals surface area contributed by atoms with E-state index in [1.807, 2.05) is 6.92 Å². The van der Waals surface area contributed by atoms with Crippen molar-refractivity contribution in [2.24, 2.45) is 0 Å². The summed E-state index contributed by atoms with van der Waals surface area (Å²) >= 11 is 3.25. The van der Waals surface area contributed by atoms with E-state index in [1.54, 1.807) is 12.1 Å². The second kappa shape index (κ2) is 3.79. The Morgan fingerprint density at radius 2 is 2.15 bits per heavy atom. The number of nitrogen functional groups attached to an aromatic ring is 1. The predicted molar refractivity (Wildman–Crippen MR) is 54.6 cm³/mol. The van der Waals surface area contributed by atoms with Crippen LogP contribution in [0.4, 0.5) is 5.69 Å². The van der Waals surface area contributed by atoms with E-state index in [0.29, 0.717) is 15.7 Å². The molecule has 0 unspecified atom stereocenters. The Morgan fingerprint density at radius 1 is 1.54 bits per heavy atom. The third kappa shape index (κ3) is 1.83. The first-order valence-corrected chi connectivity index (χ1v) is 4.50. The van der Waals surface area contributed by atoms with Crippen LogP contribution < -0.4 is 5.73 Å². The van der Waals surface area contributed by atoms with Crippen LogP contribution in [0.25, 0.3) is 0 Å². The zero-order valence-corrected chi connectivity index (χ0v) is 9.01. The minimum Gasteiger partial charge on any atom is -0.465 e. The minimum atomic E-state index is -0.390. The molecule has 1 aromatic rings. The molecule has 0 atom stereocenters. The Kier molecular flexibility index (Phi) is 2.93. The van der Waals surface area contributed by atoms with Crippen LogP contribution in [0, 0.1) is 6.92 Å². The van der Waals surface area contributed by atoms with Crippen molar-refractivity contribution < 1.29 is 9.53 Å². The van der Waals surface area contributed by atoms with Gasteiger partial charge in [-0.3, -0.25) is 0 Å². The Labute approximate surface area is 85.0 Å². The molecule has 0 amide bonds. The Balaban J connectivity index is 3.26. The number of anilines is 1. The van der Waals surface area contributed by atoms with Crippen molar-refractivity contribution in [3.63, 3.8) is 0 Å². The highest BCUT2D eigenvalue weighted by atomic mass is 79.9. The summed E-state index contributed by atoms with van der Waals surface area (Å²) in [6, 6.07) is 3.47. The lowest BCUT2D eigenvalue weighted by atomic mass is 10.1. The maximum Gasteiger partial charge on any atom is 0.339 e. The van der Waals surface area contributed by atoms with Crippen molar-refractivity contribution in [1.29, 1.82) is 0 Å². The average Bonchev–Trinajstić information content (AvgIpc) is 2.13. The summed E-state index contributed by atoms with van der Waals surface area (Å²) in [6.45, 7) is 1.88. The van der Waals surface area contributed by atoms with Gasteiger partial charge in [0.2, 0.25) is 0 Å². The number of aryl methyl sites for hydroxylation is 1. The van der Waals surface area contributed by atoms with E-state index in [9.17, 15) is 4.79 Å². The van der Waals surface area contributed by atoms with E-state index in [1.165, 1.54) is 7.11 Å². The van der Waals surface area contributed by atoms with Crippen LogP contribution >= 0.6 is 15.9 Å². The number of methoxy groups -OCH3 is 1. The monoisotopic (exact) mass is 243 g/mol. The van der Waals surface area contributed by atoms with Crippen molar-refractivity contribution >= 4 is 27.6 Å². The van der Waals surface area contributed by atoms with E-state index in [4.69, 9.17) is 5.73 Å². The Hall–Kier alpha value is -1.03. The molecule has 0 spiro atoms. The molecule has 1 rings (SSSR count). The SMILES string of the molecule is COC(=O)c1ccc(C)c(N)c1Br. The van der Waals surface area contributed by atoms with E-state index in [-0.39, 0.29) is 0 Å². The van der Waals surface area contributed by atoms with Gasteiger partial charge in [-0.1, -0.05) is 6.07 Å². The number of hydrogen-bond acceptors (Lipinski definition) is 3. The summed E-state index contributed by atoms with van der Waals surface area (Å²) in [5.41, 5.74) is 7.67. The molecule has 13 heavy (non-hydrogen) atoms. The molecule has 0 saturated heterocycles. The highest BCUT2D eigenvalue weighted by Gasteiger charge is 2.12. The van der Waals surface area contributed by atoms with Crippen LogP contribution in [-0.2, 0) is 4.74 Å². The van der Waals surface area contributed by atoms with E-state index >= 15 is 0 Å². The molecule has 0 saturated carbocycles. The molecule has 0 fully saturated rings. The van der Waals surface area contributed by atoms with Crippen LogP contribution in [0.2, 0.25) is 0 Å². The lowest BCUT2D eigenvalue weighted by Crippen LogP contribution is -2.04. The number of ether oxygens (including phenoxy) is 1. The zero-order valence-electron chi connectivity index (χ0n) is 7.43. The molecule has 0 aliphatic heterocycles. The highest BCUT2D eigenvalue weighted by Crippen LogP contribution is 2.27. The second-order valence-corrected chi connectivity index (χ2v) is 3.44. The Morgan fingerprint density at radius 3 is 2.69 bits per heavy atom. The largest absolute Gasteiger partial charge is 0.465 e. The van der Waals surface area contributed by atoms with E-state index in [0.717, 1.165) is 5.56 Å². The maximum atomic E-state index is 11.2. The molecule has 3 nitrogen and oxygen atoms in total. The molecule has 0 aliphatic carbocycles. The molecule has 0 bridgehead atoms. The molecule has 0 heterocycles. The fourth-order valence-electron chi connectivity index (χ4n) is 0.957. The van der Waals surface area contributed by atoms with Gasteiger partial charge in [-0.25, -0.2) is 4.79 Å². The molecular formula is C9H10BrNO2. The Bertz CT molecular complexity index is 350. The van der Waals surface area contributed by atoms with Gasteiger partial charge in [0, 0.05) is 5.69 Å². The van der Waals surface area contributed by atoms with Crippen LogP contribution in [0.3, 0.4) is 0 Å². The third-order valence-corrected chi connectivity index (χ3v) is 2.66. The lowest BCUT2D eigenvalue weighted by Gasteiger charge is -2.07. The fourth-order valence-corrected chi connectivity index (χ4v) is 1.56. The van der Waals surface area contributed by atoms with Gasteiger partial charge >= 0.3 is 5.97 Å². The maximum absolute atomic E-state index is 11.2. The van der Waals surface area contributed by atoms with Crippen LogP contribution in [-0.4, -0.2) is 13.1 Å². The number of esters is 1. The van der Waals surface area contributed by atoms with Crippen molar-refractivity contribution in [1.82, 2.24) is 0 Å². The van der Waals surface area contributed by atoms with Crippen molar-refractivity contribution in [2.45, 2.75) is 6.92 Å². The predicted octanol–water partition coefficient (Wildman–Crippen LogP) is 2.13. The van der Waals surface area contributed by atoms with Gasteiger partial charge in [0.05, 0.1) is 17.1 Å². The quantitative estimate of drug-likeness (QED) is 0.608. The second-order valence-electron chi connectivity index (χ2n) is 2.65. The molecule has 0 aliphatic rings. The first-order chi connectivity index (χ1) is 6.07. The van der Waals surface area contributed by atoms with Crippen molar-refractivity contribution in [2.75, 3.05) is 12.8 Å². The van der Waals surface area contributed by atoms with Gasteiger partial charge in [0.1, 0.15) is 0 Å². The smallest absolute Gasteiger partial charge is 0.339 e. The summed E-state index contributed by atoms with van der Waals surface area (Å²) in [6.07, 6.45) is 0. The number of benzene rings is 1. The summed E-state index contributed by atoms with van der Waals surface area (Å²) in [7, 11) is 1.34. The van der Waals surface area contributed by atoms with E-state index in [2.05, 4.69) is 20.7 Å². The molecule has 2 N–H and O–H groups in total. The number of rotatable bonds is 1. The van der Waals surface area contributed by atoms with Crippen molar-refractivity contribution in [3.05, 3.63) is 27.7 Å². The average molecular weight is 244 g/mol. The first-order valence-electron chi connectivity index (χ1n) is 3.70. The summed E-state index contributed by atoms with van der Waals surface area (Å²) in [5, 5.41) is 0. The summed E-state index contributed by atoms with van der Waals surface area (Å²) < 4.78 is 5.18. The normalized spacial score (nSPS) is 9.77. The lowest BCUT2D eigenvalue weighted by molar-refractivity contribution is 0.0600. The van der Waals surface area contributed by atoms with Crippen LogP contribution in [0.15, 0.2) is 16.6 Å². The molecule has 1 aromatic carbocycles. The molecule has 70 valence electrons.